The number of amides is 1. The van der Waals surface area contributed by atoms with E-state index in [2.05, 4.69) is 9.88 Å². The molecule has 1 aliphatic rings. The maximum atomic E-state index is 12.2. The van der Waals surface area contributed by atoms with Crippen molar-refractivity contribution in [2.24, 2.45) is 5.73 Å². The van der Waals surface area contributed by atoms with Gasteiger partial charge in [-0.3, -0.25) is 9.20 Å². The smallest absolute Gasteiger partial charge is 0.254 e. The number of benzene rings is 1. The zero-order valence-electron chi connectivity index (χ0n) is 15.9. The van der Waals surface area contributed by atoms with Crippen LogP contribution in [0.1, 0.15) is 21.5 Å². The average Bonchev–Trinajstić information content (AvgIpc) is 3.09. The van der Waals surface area contributed by atoms with E-state index in [-0.39, 0.29) is 17.0 Å². The number of aryl methyl sites for hydroxylation is 1. The van der Waals surface area contributed by atoms with Crippen molar-refractivity contribution in [3.05, 3.63) is 41.2 Å². The van der Waals surface area contributed by atoms with Gasteiger partial charge in [-0.2, -0.15) is 0 Å². The van der Waals surface area contributed by atoms with Gasteiger partial charge in [0.1, 0.15) is 17.1 Å². The van der Waals surface area contributed by atoms with Crippen molar-refractivity contribution >= 4 is 23.1 Å². The number of phenols is 1. The minimum absolute atomic E-state index is 0.166. The molecule has 2 aromatic heterocycles. The van der Waals surface area contributed by atoms with Crippen LogP contribution in [0.15, 0.2) is 24.5 Å². The number of nitrogens with two attached hydrogens (primary N) is 2. The molecule has 0 atom stereocenters. The average molecular weight is 381 g/mol. The summed E-state index contributed by atoms with van der Waals surface area (Å²) in [5.74, 6) is 0.371. The van der Waals surface area contributed by atoms with Crippen LogP contribution in [0.3, 0.4) is 0 Å². The topological polar surface area (TPSA) is 119 Å². The molecule has 8 nitrogen and oxygen atoms in total. The molecule has 1 aliphatic heterocycles. The molecule has 28 heavy (non-hydrogen) atoms. The van der Waals surface area contributed by atoms with Crippen LogP contribution in [0.4, 0.5) is 11.5 Å². The number of morpholine rings is 1. The number of phenolic OH excluding ortho intramolecular Hbond substituents is 1. The third kappa shape index (κ3) is 2.73. The molecule has 0 saturated carbocycles. The van der Waals surface area contributed by atoms with E-state index in [4.69, 9.17) is 16.2 Å². The number of nitrogen functional groups attached to an aromatic ring is 1. The fraction of sp³-hybridized carbons (Fsp3) is 0.300. The number of hydrogen-bond donors (Lipinski definition) is 3. The first-order valence-electron chi connectivity index (χ1n) is 9.11. The Morgan fingerprint density at radius 2 is 1.96 bits per heavy atom. The zero-order valence-corrected chi connectivity index (χ0v) is 15.9. The quantitative estimate of drug-likeness (QED) is 0.637. The van der Waals surface area contributed by atoms with Gasteiger partial charge in [0.2, 0.25) is 0 Å². The lowest BCUT2D eigenvalue weighted by Gasteiger charge is -2.28. The number of nitrogens with zero attached hydrogens (tertiary/aromatic N) is 3. The van der Waals surface area contributed by atoms with Crippen molar-refractivity contribution in [3.8, 4) is 16.9 Å². The summed E-state index contributed by atoms with van der Waals surface area (Å²) in [5, 5.41) is 10.2. The highest BCUT2D eigenvalue weighted by atomic mass is 16.5. The monoisotopic (exact) mass is 381 g/mol. The Kier molecular flexibility index (Phi) is 4.35. The second-order valence-corrected chi connectivity index (χ2v) is 7.01. The Morgan fingerprint density at radius 1 is 1.25 bits per heavy atom. The third-order valence-corrected chi connectivity index (χ3v) is 5.31. The number of imidazole rings is 1. The highest BCUT2D eigenvalue weighted by Gasteiger charge is 2.24. The van der Waals surface area contributed by atoms with Gasteiger partial charge in [0.05, 0.1) is 25.1 Å². The maximum absolute atomic E-state index is 12.2. The first-order chi connectivity index (χ1) is 13.4. The Hall–Kier alpha value is -3.26. The summed E-state index contributed by atoms with van der Waals surface area (Å²) in [5.41, 5.74) is 16.0. The molecular formula is C20H23N5O3. The summed E-state index contributed by atoms with van der Waals surface area (Å²) in [6, 6.07) is 3.47. The molecular weight excluding hydrogens is 358 g/mol. The number of ether oxygens (including phenoxy) is 1. The van der Waals surface area contributed by atoms with Crippen LogP contribution in [0.2, 0.25) is 0 Å². The summed E-state index contributed by atoms with van der Waals surface area (Å²) in [6.07, 6.45) is 3.59. The van der Waals surface area contributed by atoms with Gasteiger partial charge in [0.25, 0.3) is 5.91 Å². The van der Waals surface area contributed by atoms with Gasteiger partial charge in [-0.25, -0.2) is 4.98 Å². The Labute approximate surface area is 162 Å². The fourth-order valence-electron chi connectivity index (χ4n) is 3.84. The SMILES string of the molecule is Cc1ccc(O)c(C)c1-c1cn2c(N3CCOCC3)cnc2c(C(N)=O)c1N. The molecule has 146 valence electrons. The van der Waals surface area contributed by atoms with Crippen molar-refractivity contribution in [3.63, 3.8) is 0 Å². The predicted molar refractivity (Wildman–Crippen MR) is 108 cm³/mol. The van der Waals surface area contributed by atoms with Gasteiger partial charge in [-0.15, -0.1) is 0 Å². The highest BCUT2D eigenvalue weighted by molar-refractivity contribution is 6.07. The number of rotatable bonds is 3. The maximum Gasteiger partial charge on any atom is 0.254 e. The Balaban J connectivity index is 2.03. The Bertz CT molecular complexity index is 1080. The Morgan fingerprint density at radius 3 is 2.64 bits per heavy atom. The van der Waals surface area contributed by atoms with E-state index in [9.17, 15) is 9.90 Å². The van der Waals surface area contributed by atoms with Gasteiger partial charge in [0.15, 0.2) is 5.65 Å². The van der Waals surface area contributed by atoms with E-state index >= 15 is 0 Å². The van der Waals surface area contributed by atoms with Gasteiger partial charge in [-0.05, 0) is 36.6 Å². The van der Waals surface area contributed by atoms with Crippen LogP contribution in [-0.2, 0) is 4.74 Å². The van der Waals surface area contributed by atoms with Crippen molar-refractivity contribution < 1.29 is 14.6 Å². The molecule has 8 heteroatoms. The zero-order chi connectivity index (χ0) is 20.0. The first kappa shape index (κ1) is 18.1. The summed E-state index contributed by atoms with van der Waals surface area (Å²) in [6.45, 7) is 6.46. The number of primary amides is 1. The lowest BCUT2D eigenvalue weighted by molar-refractivity contribution is 0.100. The first-order valence-corrected chi connectivity index (χ1v) is 9.11. The molecule has 0 aliphatic carbocycles. The van der Waals surface area contributed by atoms with E-state index in [0.29, 0.717) is 30.0 Å². The van der Waals surface area contributed by atoms with Crippen LogP contribution in [0.25, 0.3) is 16.8 Å². The lowest BCUT2D eigenvalue weighted by atomic mass is 9.93. The normalized spacial score (nSPS) is 14.6. The third-order valence-electron chi connectivity index (χ3n) is 5.31. The second-order valence-electron chi connectivity index (χ2n) is 7.01. The number of aromatic nitrogens is 2. The molecule has 1 fully saturated rings. The van der Waals surface area contributed by atoms with E-state index in [1.54, 1.807) is 12.3 Å². The molecule has 1 amide bonds. The number of anilines is 2. The van der Waals surface area contributed by atoms with Crippen molar-refractivity contribution in [2.45, 2.75) is 13.8 Å². The van der Waals surface area contributed by atoms with Crippen LogP contribution in [0.5, 0.6) is 5.75 Å². The molecule has 3 heterocycles. The number of carbonyl (C=O) groups is 1. The second kappa shape index (κ2) is 6.72. The van der Waals surface area contributed by atoms with Crippen LogP contribution >= 0.6 is 0 Å². The molecule has 0 radical (unpaired) electrons. The van der Waals surface area contributed by atoms with Gasteiger partial charge in [-0.1, -0.05) is 6.07 Å². The standard InChI is InChI=1S/C20H23N5O3/c1-11-3-4-14(26)12(2)16(11)13-10-25-15(24-5-7-28-8-6-24)9-23-20(25)17(18(13)21)19(22)27/h3-4,9-10,26H,5-8,21H2,1-2H3,(H2,22,27). The molecule has 0 unspecified atom stereocenters. The number of carbonyl (C=O) groups excluding carboxylic acids is 1. The fourth-order valence-corrected chi connectivity index (χ4v) is 3.84. The number of aromatic hydroxyl groups is 1. The van der Waals surface area contributed by atoms with Crippen LogP contribution in [0, 0.1) is 13.8 Å². The molecule has 0 bridgehead atoms. The largest absolute Gasteiger partial charge is 0.508 e. The van der Waals surface area contributed by atoms with Crippen LogP contribution in [-0.4, -0.2) is 46.7 Å². The van der Waals surface area contributed by atoms with Crippen LogP contribution < -0.4 is 16.4 Å². The highest BCUT2D eigenvalue weighted by Crippen LogP contribution is 2.39. The summed E-state index contributed by atoms with van der Waals surface area (Å²) in [4.78, 5) is 18.8. The summed E-state index contributed by atoms with van der Waals surface area (Å²) >= 11 is 0. The molecule has 3 aromatic rings. The number of fused-ring (bicyclic) bond motifs is 1. The summed E-state index contributed by atoms with van der Waals surface area (Å²) in [7, 11) is 0. The molecule has 4 rings (SSSR count). The number of hydrogen-bond acceptors (Lipinski definition) is 6. The van der Waals surface area contributed by atoms with Gasteiger partial charge in [0, 0.05) is 24.8 Å². The van der Waals surface area contributed by atoms with E-state index in [1.807, 2.05) is 30.5 Å². The van der Waals surface area contributed by atoms with Crippen molar-refractivity contribution in [1.29, 1.82) is 0 Å². The molecule has 5 N–H and O–H groups in total. The van der Waals surface area contributed by atoms with Crippen molar-refractivity contribution in [2.75, 3.05) is 36.9 Å². The minimum atomic E-state index is -0.640. The van der Waals surface area contributed by atoms with Gasteiger partial charge < -0.3 is 26.2 Å². The van der Waals surface area contributed by atoms with Gasteiger partial charge >= 0.3 is 0 Å². The van der Waals surface area contributed by atoms with Crippen molar-refractivity contribution in [1.82, 2.24) is 9.38 Å². The molecule has 1 saturated heterocycles. The molecule has 1 aromatic carbocycles. The lowest BCUT2D eigenvalue weighted by Crippen LogP contribution is -2.37. The summed E-state index contributed by atoms with van der Waals surface area (Å²) < 4.78 is 7.28. The number of pyridine rings is 1. The minimum Gasteiger partial charge on any atom is -0.508 e. The van der Waals surface area contributed by atoms with E-state index < -0.39 is 5.91 Å². The predicted octanol–water partition coefficient (Wildman–Crippen LogP) is 1.84. The van der Waals surface area contributed by atoms with E-state index in [0.717, 1.165) is 30.0 Å². The van der Waals surface area contributed by atoms with E-state index in [1.165, 1.54) is 0 Å². The molecule has 0 spiro atoms.